The number of methoxy groups -OCH3 is 1. The van der Waals surface area contributed by atoms with Crippen LogP contribution < -0.4 is 15.4 Å². The first kappa shape index (κ1) is 17.6. The van der Waals surface area contributed by atoms with Crippen molar-refractivity contribution in [3.05, 3.63) is 28.8 Å². The van der Waals surface area contributed by atoms with Crippen molar-refractivity contribution in [3.8, 4) is 5.75 Å². The summed E-state index contributed by atoms with van der Waals surface area (Å²) in [6, 6.07) is 4.71. The molecule has 1 aromatic carbocycles. The Morgan fingerprint density at radius 2 is 2.22 bits per heavy atom. The molecule has 126 valence electrons. The number of benzene rings is 1. The van der Waals surface area contributed by atoms with Gasteiger partial charge in [0.25, 0.3) is 0 Å². The molecular weight excluding hydrogens is 316 g/mol. The predicted molar refractivity (Wildman–Crippen MR) is 89.5 cm³/mol. The highest BCUT2D eigenvalue weighted by Gasteiger charge is 2.29. The summed E-state index contributed by atoms with van der Waals surface area (Å²) >= 11 is 6.11. The maximum atomic E-state index is 12.4. The van der Waals surface area contributed by atoms with Crippen LogP contribution in [0.15, 0.2) is 18.2 Å². The molecule has 2 amide bonds. The van der Waals surface area contributed by atoms with E-state index < -0.39 is 6.04 Å². The lowest BCUT2D eigenvalue weighted by Crippen LogP contribution is -2.43. The molecule has 1 saturated heterocycles. The third-order valence-electron chi connectivity index (χ3n) is 3.90. The van der Waals surface area contributed by atoms with E-state index >= 15 is 0 Å². The number of rotatable bonds is 6. The molecule has 1 aliphatic heterocycles. The van der Waals surface area contributed by atoms with E-state index in [1.54, 1.807) is 19.2 Å². The number of carbonyl (C=O) groups excluding carboxylic acids is 2. The fourth-order valence-electron chi connectivity index (χ4n) is 2.80. The van der Waals surface area contributed by atoms with Gasteiger partial charge in [-0.15, -0.1) is 0 Å². The lowest BCUT2D eigenvalue weighted by Gasteiger charge is -2.24. The van der Waals surface area contributed by atoms with Gasteiger partial charge in [-0.1, -0.05) is 25.4 Å². The minimum atomic E-state index is -0.456. The van der Waals surface area contributed by atoms with Crippen LogP contribution in [0.5, 0.6) is 5.75 Å². The maximum absolute atomic E-state index is 12.4. The molecule has 1 fully saturated rings. The van der Waals surface area contributed by atoms with Gasteiger partial charge in [0.2, 0.25) is 11.8 Å². The van der Waals surface area contributed by atoms with E-state index in [2.05, 4.69) is 24.5 Å². The van der Waals surface area contributed by atoms with Crippen molar-refractivity contribution in [2.45, 2.75) is 45.2 Å². The van der Waals surface area contributed by atoms with E-state index in [1.807, 2.05) is 6.07 Å². The second-order valence-corrected chi connectivity index (χ2v) is 6.67. The first-order valence-corrected chi connectivity index (χ1v) is 8.21. The molecule has 0 saturated carbocycles. The molecule has 2 atom stereocenters. The third kappa shape index (κ3) is 4.61. The maximum Gasteiger partial charge on any atom is 0.243 e. The number of hydrogen-bond acceptors (Lipinski definition) is 3. The van der Waals surface area contributed by atoms with Gasteiger partial charge in [0.1, 0.15) is 11.8 Å². The Morgan fingerprint density at radius 3 is 2.78 bits per heavy atom. The van der Waals surface area contributed by atoms with Crippen molar-refractivity contribution in [3.63, 3.8) is 0 Å². The predicted octanol–water partition coefficient (Wildman–Crippen LogP) is 2.83. The number of amides is 2. The summed E-state index contributed by atoms with van der Waals surface area (Å²) in [5.74, 6) is 0.826. The molecule has 0 unspecified atom stereocenters. The quantitative estimate of drug-likeness (QED) is 0.838. The molecule has 2 rings (SSSR count). The van der Waals surface area contributed by atoms with Crippen LogP contribution in [0.4, 0.5) is 0 Å². The van der Waals surface area contributed by atoms with E-state index in [0.717, 1.165) is 12.0 Å². The van der Waals surface area contributed by atoms with Gasteiger partial charge in [-0.25, -0.2) is 0 Å². The third-order valence-corrected chi connectivity index (χ3v) is 4.14. The molecule has 2 N–H and O–H groups in total. The van der Waals surface area contributed by atoms with Gasteiger partial charge in [-0.2, -0.15) is 0 Å². The Labute approximate surface area is 141 Å². The van der Waals surface area contributed by atoms with Crippen LogP contribution in [0.3, 0.4) is 0 Å². The fraction of sp³-hybridized carbons (Fsp3) is 0.529. The van der Waals surface area contributed by atoms with Crippen molar-refractivity contribution in [2.24, 2.45) is 5.92 Å². The molecule has 5 nitrogen and oxygen atoms in total. The molecule has 0 spiro atoms. The highest BCUT2D eigenvalue weighted by molar-refractivity contribution is 6.30. The van der Waals surface area contributed by atoms with E-state index in [1.165, 1.54) is 0 Å². The number of carbonyl (C=O) groups is 2. The summed E-state index contributed by atoms with van der Waals surface area (Å²) in [4.78, 5) is 23.7. The Kier molecular flexibility index (Phi) is 5.88. The topological polar surface area (TPSA) is 67.4 Å². The van der Waals surface area contributed by atoms with E-state index in [-0.39, 0.29) is 17.9 Å². The van der Waals surface area contributed by atoms with Crippen molar-refractivity contribution < 1.29 is 14.3 Å². The van der Waals surface area contributed by atoms with Crippen LogP contribution in [0, 0.1) is 5.92 Å². The van der Waals surface area contributed by atoms with Gasteiger partial charge in [0.15, 0.2) is 0 Å². The van der Waals surface area contributed by atoms with Crippen molar-refractivity contribution >= 4 is 23.4 Å². The number of ether oxygens (including phenoxy) is 1. The normalized spacial score (nSPS) is 18.7. The van der Waals surface area contributed by atoms with Gasteiger partial charge < -0.3 is 15.4 Å². The van der Waals surface area contributed by atoms with Gasteiger partial charge in [0, 0.05) is 17.0 Å². The largest absolute Gasteiger partial charge is 0.496 e. The SMILES string of the molecule is COc1ccc(Cl)cc1[C@H](CC(C)C)NC(=O)[C@H]1CCC(=O)N1. The smallest absolute Gasteiger partial charge is 0.243 e. The summed E-state index contributed by atoms with van der Waals surface area (Å²) in [5.41, 5.74) is 0.853. The molecule has 1 heterocycles. The second kappa shape index (κ2) is 7.68. The standard InChI is InChI=1S/C17H23ClN2O3/c1-10(2)8-14(12-9-11(18)4-6-15(12)23-3)20-17(22)13-5-7-16(21)19-13/h4,6,9-10,13-14H,5,7-8H2,1-3H3,(H,19,21)(H,20,22)/t13-,14+/m1/s1. The van der Waals surface area contributed by atoms with Gasteiger partial charge in [0.05, 0.1) is 13.2 Å². The first-order chi connectivity index (χ1) is 10.9. The van der Waals surface area contributed by atoms with Gasteiger partial charge in [-0.3, -0.25) is 9.59 Å². The lowest BCUT2D eigenvalue weighted by atomic mass is 9.95. The van der Waals surface area contributed by atoms with E-state index in [4.69, 9.17) is 16.3 Å². The van der Waals surface area contributed by atoms with Crippen molar-refractivity contribution in [1.29, 1.82) is 0 Å². The number of halogens is 1. The Hall–Kier alpha value is -1.75. The summed E-state index contributed by atoms with van der Waals surface area (Å²) in [7, 11) is 1.60. The van der Waals surface area contributed by atoms with E-state index in [9.17, 15) is 9.59 Å². The molecule has 23 heavy (non-hydrogen) atoms. The van der Waals surface area contributed by atoms with Crippen LogP contribution in [-0.4, -0.2) is 25.0 Å². The highest BCUT2D eigenvalue weighted by atomic mass is 35.5. The second-order valence-electron chi connectivity index (χ2n) is 6.24. The average molecular weight is 339 g/mol. The van der Waals surface area contributed by atoms with Crippen LogP contribution in [-0.2, 0) is 9.59 Å². The number of hydrogen-bond donors (Lipinski definition) is 2. The van der Waals surface area contributed by atoms with Crippen molar-refractivity contribution in [1.82, 2.24) is 10.6 Å². The van der Waals surface area contributed by atoms with Crippen LogP contribution in [0.1, 0.15) is 44.7 Å². The Balaban J connectivity index is 2.21. The molecule has 0 radical (unpaired) electrons. The molecule has 0 aromatic heterocycles. The molecule has 0 aliphatic carbocycles. The van der Waals surface area contributed by atoms with E-state index in [0.29, 0.717) is 29.5 Å². The zero-order chi connectivity index (χ0) is 17.0. The molecule has 1 aliphatic rings. The fourth-order valence-corrected chi connectivity index (χ4v) is 2.98. The molecular formula is C17H23ClN2O3. The van der Waals surface area contributed by atoms with Crippen LogP contribution in [0.2, 0.25) is 5.02 Å². The van der Waals surface area contributed by atoms with Crippen LogP contribution in [0.25, 0.3) is 0 Å². The minimum Gasteiger partial charge on any atom is -0.496 e. The number of nitrogens with one attached hydrogen (secondary N) is 2. The average Bonchev–Trinajstić information content (AvgIpc) is 2.92. The lowest BCUT2D eigenvalue weighted by molar-refractivity contribution is -0.126. The summed E-state index contributed by atoms with van der Waals surface area (Å²) in [6.45, 7) is 4.18. The zero-order valence-electron chi connectivity index (χ0n) is 13.7. The summed E-state index contributed by atoms with van der Waals surface area (Å²) < 4.78 is 5.41. The molecule has 6 heteroatoms. The first-order valence-electron chi connectivity index (χ1n) is 7.84. The minimum absolute atomic E-state index is 0.0779. The zero-order valence-corrected chi connectivity index (χ0v) is 14.4. The highest BCUT2D eigenvalue weighted by Crippen LogP contribution is 2.32. The summed E-state index contributed by atoms with van der Waals surface area (Å²) in [5, 5.41) is 6.33. The molecule has 0 bridgehead atoms. The Morgan fingerprint density at radius 1 is 1.48 bits per heavy atom. The van der Waals surface area contributed by atoms with Crippen LogP contribution >= 0.6 is 11.6 Å². The van der Waals surface area contributed by atoms with Crippen molar-refractivity contribution in [2.75, 3.05) is 7.11 Å². The summed E-state index contributed by atoms with van der Waals surface area (Å²) in [6.07, 6.45) is 1.68. The molecule has 1 aromatic rings. The monoisotopic (exact) mass is 338 g/mol. The Bertz CT molecular complexity index is 589. The van der Waals surface area contributed by atoms with Gasteiger partial charge in [-0.05, 0) is 37.0 Å². The van der Waals surface area contributed by atoms with Gasteiger partial charge >= 0.3 is 0 Å².